The third-order valence-electron chi connectivity index (χ3n) is 3.05. The van der Waals surface area contributed by atoms with Crippen molar-refractivity contribution in [2.75, 3.05) is 32.9 Å². The Balaban J connectivity index is 2.06. The molecule has 1 aromatic rings. The van der Waals surface area contributed by atoms with E-state index in [1.165, 1.54) is 18.2 Å². The highest BCUT2D eigenvalue weighted by Crippen LogP contribution is 2.18. The fourth-order valence-corrected chi connectivity index (χ4v) is 1.87. The summed E-state index contributed by atoms with van der Waals surface area (Å²) in [6.07, 6.45) is 0. The van der Waals surface area contributed by atoms with Crippen LogP contribution in [0.4, 0.5) is 10.1 Å². The lowest BCUT2D eigenvalue weighted by molar-refractivity contribution is 0.0399. The van der Waals surface area contributed by atoms with Crippen molar-refractivity contribution in [3.63, 3.8) is 0 Å². The molecular formula is C12H16FN3O. The molecule has 17 heavy (non-hydrogen) atoms. The molecule has 1 amide bonds. The number of carbonyl (C=O) groups excluding carboxylic acids is 1. The van der Waals surface area contributed by atoms with Gasteiger partial charge < -0.3 is 15.5 Å². The molecule has 0 bridgehead atoms. The molecule has 92 valence electrons. The first-order valence-corrected chi connectivity index (χ1v) is 5.49. The van der Waals surface area contributed by atoms with Gasteiger partial charge in [0.25, 0.3) is 5.91 Å². The van der Waals surface area contributed by atoms with Crippen LogP contribution in [-0.2, 0) is 0 Å². The van der Waals surface area contributed by atoms with Gasteiger partial charge in [0, 0.05) is 30.4 Å². The van der Waals surface area contributed by atoms with E-state index in [4.69, 9.17) is 5.73 Å². The Hall–Kier alpha value is -1.62. The van der Waals surface area contributed by atoms with Crippen LogP contribution >= 0.6 is 0 Å². The lowest BCUT2D eigenvalue weighted by Gasteiger charge is -2.42. The van der Waals surface area contributed by atoms with E-state index in [1.54, 1.807) is 4.90 Å². The Bertz CT molecular complexity index is 421. The number of nitrogens with zero attached hydrogens (tertiary/aromatic N) is 2. The van der Waals surface area contributed by atoms with Gasteiger partial charge in [-0.1, -0.05) is 0 Å². The minimum atomic E-state index is -0.474. The first kappa shape index (κ1) is 11.9. The van der Waals surface area contributed by atoms with Crippen molar-refractivity contribution in [3.8, 4) is 0 Å². The topological polar surface area (TPSA) is 49.6 Å². The van der Waals surface area contributed by atoms with Crippen molar-refractivity contribution in [2.45, 2.75) is 6.04 Å². The number of likely N-dealkylation sites (N-methyl/N-ethyl adjacent to an activating group) is 1. The lowest BCUT2D eigenvalue weighted by Crippen LogP contribution is -2.59. The summed E-state index contributed by atoms with van der Waals surface area (Å²) in [6.45, 7) is 1.37. The molecule has 1 aliphatic rings. The molecule has 1 heterocycles. The van der Waals surface area contributed by atoms with Gasteiger partial charge in [-0.25, -0.2) is 4.39 Å². The average Bonchev–Trinajstić information content (AvgIpc) is 2.12. The number of carbonyl (C=O) groups is 1. The van der Waals surface area contributed by atoms with E-state index in [-0.39, 0.29) is 11.6 Å². The number of likely N-dealkylation sites (tertiary alicyclic amines) is 1. The van der Waals surface area contributed by atoms with Crippen LogP contribution in [0.25, 0.3) is 0 Å². The highest BCUT2D eigenvalue weighted by atomic mass is 19.1. The van der Waals surface area contributed by atoms with E-state index in [1.807, 2.05) is 14.1 Å². The number of hydrogen-bond donors (Lipinski definition) is 1. The van der Waals surface area contributed by atoms with Gasteiger partial charge >= 0.3 is 0 Å². The number of rotatable bonds is 2. The zero-order chi connectivity index (χ0) is 12.6. The Morgan fingerprint density at radius 3 is 2.59 bits per heavy atom. The highest BCUT2D eigenvalue weighted by molar-refractivity contribution is 5.95. The first-order chi connectivity index (χ1) is 7.97. The summed E-state index contributed by atoms with van der Waals surface area (Å²) in [6, 6.07) is 4.33. The fourth-order valence-electron chi connectivity index (χ4n) is 1.87. The SMILES string of the molecule is CN(C)C1CN(C(=O)c2cc(N)cc(F)c2)C1. The molecule has 4 nitrogen and oxygen atoms in total. The molecule has 0 unspecified atom stereocenters. The second kappa shape index (κ2) is 4.33. The van der Waals surface area contributed by atoms with Crippen molar-refractivity contribution in [3.05, 3.63) is 29.6 Å². The Morgan fingerprint density at radius 2 is 2.06 bits per heavy atom. The van der Waals surface area contributed by atoms with Crippen LogP contribution in [0, 0.1) is 5.82 Å². The molecule has 5 heteroatoms. The zero-order valence-electron chi connectivity index (χ0n) is 9.98. The van der Waals surface area contributed by atoms with Crippen molar-refractivity contribution >= 4 is 11.6 Å². The first-order valence-electron chi connectivity index (χ1n) is 5.49. The molecule has 2 N–H and O–H groups in total. The standard InChI is InChI=1S/C12H16FN3O/c1-15(2)11-6-16(7-11)12(17)8-3-9(13)5-10(14)4-8/h3-5,11H,6-7,14H2,1-2H3. The number of halogens is 1. The molecular weight excluding hydrogens is 221 g/mol. The summed E-state index contributed by atoms with van der Waals surface area (Å²) in [5, 5.41) is 0. The summed E-state index contributed by atoms with van der Waals surface area (Å²) in [4.78, 5) is 15.8. The maximum Gasteiger partial charge on any atom is 0.254 e. The highest BCUT2D eigenvalue weighted by Gasteiger charge is 2.32. The third-order valence-corrected chi connectivity index (χ3v) is 3.05. The number of nitrogen functional groups attached to an aromatic ring is 1. The maximum absolute atomic E-state index is 13.1. The molecule has 1 aromatic carbocycles. The number of nitrogens with two attached hydrogens (primary N) is 1. The second-order valence-electron chi connectivity index (χ2n) is 4.60. The normalized spacial score (nSPS) is 16.1. The predicted molar refractivity (Wildman–Crippen MR) is 64.2 cm³/mol. The second-order valence-corrected chi connectivity index (χ2v) is 4.60. The maximum atomic E-state index is 13.1. The molecule has 0 saturated carbocycles. The molecule has 0 aromatic heterocycles. The van der Waals surface area contributed by atoms with E-state index in [0.29, 0.717) is 24.7 Å². The minimum Gasteiger partial charge on any atom is -0.399 e. The number of hydrogen-bond acceptors (Lipinski definition) is 3. The van der Waals surface area contributed by atoms with E-state index >= 15 is 0 Å². The molecule has 0 radical (unpaired) electrons. The van der Waals surface area contributed by atoms with E-state index in [9.17, 15) is 9.18 Å². The van der Waals surface area contributed by atoms with Crippen LogP contribution < -0.4 is 5.73 Å². The quantitative estimate of drug-likeness (QED) is 0.774. The van der Waals surface area contributed by atoms with Crippen LogP contribution in [0.5, 0.6) is 0 Å². The van der Waals surface area contributed by atoms with Crippen molar-refractivity contribution < 1.29 is 9.18 Å². The van der Waals surface area contributed by atoms with Crippen molar-refractivity contribution in [1.82, 2.24) is 9.80 Å². The fraction of sp³-hybridized carbons (Fsp3) is 0.417. The average molecular weight is 237 g/mol. The van der Waals surface area contributed by atoms with Gasteiger partial charge in [0.2, 0.25) is 0 Å². The van der Waals surface area contributed by atoms with Gasteiger partial charge in [0.1, 0.15) is 5.82 Å². The summed E-state index contributed by atoms with van der Waals surface area (Å²) in [7, 11) is 3.96. The molecule has 2 rings (SSSR count). The molecule has 1 saturated heterocycles. The summed E-state index contributed by atoms with van der Waals surface area (Å²) >= 11 is 0. The van der Waals surface area contributed by atoms with Crippen molar-refractivity contribution in [2.24, 2.45) is 0 Å². The van der Waals surface area contributed by atoms with Crippen LogP contribution in [0.2, 0.25) is 0 Å². The monoisotopic (exact) mass is 237 g/mol. The molecule has 0 spiro atoms. The largest absolute Gasteiger partial charge is 0.399 e. The summed E-state index contributed by atoms with van der Waals surface area (Å²) < 4.78 is 13.1. The zero-order valence-corrected chi connectivity index (χ0v) is 9.98. The van der Waals surface area contributed by atoms with E-state index in [0.717, 1.165) is 0 Å². The predicted octanol–water partition coefficient (Wildman–Crippen LogP) is 0.794. The Morgan fingerprint density at radius 1 is 1.41 bits per heavy atom. The van der Waals surface area contributed by atoms with Crippen LogP contribution in [0.15, 0.2) is 18.2 Å². The van der Waals surface area contributed by atoms with Gasteiger partial charge in [-0.05, 0) is 32.3 Å². The molecule has 1 aliphatic heterocycles. The number of benzene rings is 1. The minimum absolute atomic E-state index is 0.158. The van der Waals surface area contributed by atoms with Gasteiger partial charge in [0.05, 0.1) is 0 Å². The van der Waals surface area contributed by atoms with Crippen molar-refractivity contribution in [1.29, 1.82) is 0 Å². The number of amides is 1. The summed E-state index contributed by atoms with van der Waals surface area (Å²) in [5.74, 6) is -0.632. The van der Waals surface area contributed by atoms with Gasteiger partial charge in [0.15, 0.2) is 0 Å². The van der Waals surface area contributed by atoms with Gasteiger partial charge in [-0.2, -0.15) is 0 Å². The Labute approximate surface area is 99.8 Å². The van der Waals surface area contributed by atoms with Crippen LogP contribution in [0.3, 0.4) is 0 Å². The molecule has 0 atom stereocenters. The molecule has 0 aliphatic carbocycles. The van der Waals surface area contributed by atoms with Crippen LogP contribution in [-0.4, -0.2) is 48.9 Å². The number of anilines is 1. The van der Waals surface area contributed by atoms with E-state index in [2.05, 4.69) is 4.90 Å². The Kier molecular flexibility index (Phi) is 3.02. The molecule has 1 fully saturated rings. The van der Waals surface area contributed by atoms with Crippen LogP contribution in [0.1, 0.15) is 10.4 Å². The lowest BCUT2D eigenvalue weighted by atomic mass is 10.1. The summed E-state index contributed by atoms with van der Waals surface area (Å²) in [5.41, 5.74) is 6.11. The smallest absolute Gasteiger partial charge is 0.254 e. The third kappa shape index (κ3) is 2.39. The van der Waals surface area contributed by atoms with Gasteiger partial charge in [-0.3, -0.25) is 4.79 Å². The van der Waals surface area contributed by atoms with Gasteiger partial charge in [-0.15, -0.1) is 0 Å². The van der Waals surface area contributed by atoms with E-state index < -0.39 is 5.82 Å².